The van der Waals surface area contributed by atoms with Crippen molar-refractivity contribution in [3.8, 4) is 0 Å². The van der Waals surface area contributed by atoms with Gasteiger partial charge in [0.25, 0.3) is 0 Å². The first-order valence-electron chi connectivity index (χ1n) is 6.54. The summed E-state index contributed by atoms with van der Waals surface area (Å²) in [4.78, 5) is 12.1. The van der Waals surface area contributed by atoms with Crippen LogP contribution in [0.1, 0.15) is 0 Å². The Hall–Kier alpha value is -1.68. The molecule has 2 rings (SSSR count). The lowest BCUT2D eigenvalue weighted by atomic mass is 10.3. The van der Waals surface area contributed by atoms with E-state index >= 15 is 0 Å². The number of sulfonamides is 1. The van der Waals surface area contributed by atoms with Crippen molar-refractivity contribution in [1.82, 2.24) is 0 Å². The molecule has 0 spiro atoms. The fourth-order valence-corrected chi connectivity index (χ4v) is 3.09. The van der Waals surface area contributed by atoms with E-state index in [1.807, 2.05) is 12.1 Å². The van der Waals surface area contributed by atoms with Crippen molar-refractivity contribution in [3.05, 3.63) is 57.9 Å². The average Bonchev–Trinajstić information content (AvgIpc) is 2.47. The topological polar surface area (TPSA) is 66.5 Å². The number of hydrogen-bond acceptors (Lipinski definition) is 3. The Morgan fingerprint density at radius 2 is 1.70 bits per heavy atom. The fraction of sp³-hybridized carbons (Fsp3) is 0.133. The molecule has 122 valence electrons. The van der Waals surface area contributed by atoms with Crippen LogP contribution in [0.15, 0.2) is 48.5 Å². The third-order valence-electron chi connectivity index (χ3n) is 2.93. The maximum atomic E-state index is 13.0. The maximum Gasteiger partial charge on any atom is 0.245 e. The van der Waals surface area contributed by atoms with Gasteiger partial charge in [-0.25, -0.2) is 12.8 Å². The van der Waals surface area contributed by atoms with E-state index < -0.39 is 28.3 Å². The van der Waals surface area contributed by atoms with E-state index in [2.05, 4.69) is 27.9 Å². The Morgan fingerprint density at radius 1 is 1.13 bits per heavy atom. The van der Waals surface area contributed by atoms with Crippen molar-refractivity contribution in [1.29, 1.82) is 0 Å². The zero-order valence-electron chi connectivity index (χ0n) is 12.2. The fourth-order valence-electron chi connectivity index (χ4n) is 1.87. The number of anilines is 2. The molecule has 2 aromatic rings. The van der Waals surface area contributed by atoms with Crippen molar-refractivity contribution in [2.75, 3.05) is 22.4 Å². The first-order valence-corrected chi connectivity index (χ1v) is 9.47. The third-order valence-corrected chi connectivity index (χ3v) is 4.79. The molecule has 1 amide bonds. The zero-order valence-corrected chi connectivity index (χ0v) is 15.1. The minimum Gasteiger partial charge on any atom is -0.325 e. The summed E-state index contributed by atoms with van der Waals surface area (Å²) >= 11 is 2.14. The molecule has 0 heterocycles. The molecule has 0 aromatic heterocycles. The summed E-state index contributed by atoms with van der Waals surface area (Å²) in [6, 6.07) is 12.0. The van der Waals surface area contributed by atoms with Crippen molar-refractivity contribution in [2.24, 2.45) is 0 Å². The molecule has 5 nitrogen and oxygen atoms in total. The molecule has 0 saturated carbocycles. The number of rotatable bonds is 5. The van der Waals surface area contributed by atoms with Gasteiger partial charge in [0.15, 0.2) is 0 Å². The summed E-state index contributed by atoms with van der Waals surface area (Å²) < 4.78 is 38.7. The van der Waals surface area contributed by atoms with Gasteiger partial charge >= 0.3 is 0 Å². The van der Waals surface area contributed by atoms with Gasteiger partial charge in [-0.3, -0.25) is 9.10 Å². The molecule has 0 unspecified atom stereocenters. The number of carbonyl (C=O) groups is 1. The van der Waals surface area contributed by atoms with Gasteiger partial charge in [-0.05, 0) is 71.1 Å². The van der Waals surface area contributed by atoms with E-state index in [4.69, 9.17) is 0 Å². The smallest absolute Gasteiger partial charge is 0.245 e. The Bertz CT molecular complexity index is 792. The average molecular weight is 448 g/mol. The monoisotopic (exact) mass is 448 g/mol. The second-order valence-electron chi connectivity index (χ2n) is 4.80. The molecule has 2 aromatic carbocycles. The maximum absolute atomic E-state index is 13.0. The lowest BCUT2D eigenvalue weighted by Crippen LogP contribution is -2.37. The summed E-state index contributed by atoms with van der Waals surface area (Å²) in [5.41, 5.74) is 0.801. The second-order valence-corrected chi connectivity index (χ2v) is 7.95. The van der Waals surface area contributed by atoms with Gasteiger partial charge in [0, 0.05) is 9.26 Å². The van der Waals surface area contributed by atoms with Gasteiger partial charge in [0.1, 0.15) is 12.4 Å². The van der Waals surface area contributed by atoms with E-state index in [-0.39, 0.29) is 5.69 Å². The van der Waals surface area contributed by atoms with Crippen LogP contribution in [0.4, 0.5) is 15.8 Å². The summed E-state index contributed by atoms with van der Waals surface area (Å²) in [6.45, 7) is -0.392. The highest BCUT2D eigenvalue weighted by Crippen LogP contribution is 2.18. The number of nitrogens with zero attached hydrogens (tertiary/aromatic N) is 1. The van der Waals surface area contributed by atoms with Crippen LogP contribution in [0.3, 0.4) is 0 Å². The Morgan fingerprint density at radius 3 is 2.22 bits per heavy atom. The van der Waals surface area contributed by atoms with Crippen LogP contribution >= 0.6 is 22.6 Å². The summed E-state index contributed by atoms with van der Waals surface area (Å²) in [5.74, 6) is -0.966. The molecular weight excluding hydrogens is 434 g/mol. The van der Waals surface area contributed by atoms with Crippen molar-refractivity contribution in [2.45, 2.75) is 0 Å². The number of halogens is 2. The summed E-state index contributed by atoms with van der Waals surface area (Å²) in [7, 11) is -3.68. The summed E-state index contributed by atoms with van der Waals surface area (Å²) in [5, 5.41) is 2.63. The van der Waals surface area contributed by atoms with Crippen molar-refractivity contribution >= 4 is 49.9 Å². The number of nitrogens with one attached hydrogen (secondary N) is 1. The van der Waals surface area contributed by atoms with Crippen molar-refractivity contribution < 1.29 is 17.6 Å². The van der Waals surface area contributed by atoms with E-state index in [0.29, 0.717) is 5.69 Å². The molecule has 0 atom stereocenters. The minimum atomic E-state index is -3.68. The highest BCUT2D eigenvalue weighted by atomic mass is 127. The Labute approximate surface area is 147 Å². The van der Waals surface area contributed by atoms with Gasteiger partial charge in [-0.2, -0.15) is 0 Å². The lowest BCUT2D eigenvalue weighted by molar-refractivity contribution is -0.114. The molecule has 0 aliphatic heterocycles. The normalized spacial score (nSPS) is 11.1. The largest absolute Gasteiger partial charge is 0.325 e. The summed E-state index contributed by atoms with van der Waals surface area (Å²) in [6.07, 6.45) is 0.995. The highest BCUT2D eigenvalue weighted by molar-refractivity contribution is 14.1. The van der Waals surface area contributed by atoms with E-state index in [0.717, 1.165) is 26.3 Å². The van der Waals surface area contributed by atoms with Crippen LogP contribution in [0.2, 0.25) is 0 Å². The number of amides is 1. The minimum absolute atomic E-state index is 0.228. The number of hydrogen-bond donors (Lipinski definition) is 1. The van der Waals surface area contributed by atoms with E-state index in [9.17, 15) is 17.6 Å². The molecule has 23 heavy (non-hydrogen) atoms. The van der Waals surface area contributed by atoms with Crippen LogP contribution < -0.4 is 9.62 Å². The van der Waals surface area contributed by atoms with E-state index in [1.54, 1.807) is 12.1 Å². The Balaban J connectivity index is 2.16. The highest BCUT2D eigenvalue weighted by Gasteiger charge is 2.20. The van der Waals surface area contributed by atoms with Gasteiger partial charge < -0.3 is 5.32 Å². The Kier molecular flexibility index (Phi) is 5.58. The van der Waals surface area contributed by atoms with Crippen molar-refractivity contribution in [3.63, 3.8) is 0 Å². The van der Waals surface area contributed by atoms with Crippen LogP contribution in [0.5, 0.6) is 0 Å². The standard InChI is InChI=1S/C15H14FIN2O3S/c1-23(21,22)19(14-8-2-11(16)3-9-14)10-15(20)18-13-6-4-12(17)5-7-13/h2-9H,10H2,1H3,(H,18,20). The molecule has 8 heteroatoms. The first-order chi connectivity index (χ1) is 10.8. The van der Waals surface area contributed by atoms with Gasteiger partial charge in [0.05, 0.1) is 11.9 Å². The first kappa shape index (κ1) is 17.7. The predicted molar refractivity (Wildman–Crippen MR) is 96.4 cm³/mol. The SMILES string of the molecule is CS(=O)(=O)N(CC(=O)Nc1ccc(I)cc1)c1ccc(F)cc1. The number of carbonyl (C=O) groups excluding carboxylic acids is 1. The van der Waals surface area contributed by atoms with E-state index in [1.165, 1.54) is 12.1 Å². The molecule has 0 radical (unpaired) electrons. The molecule has 0 aliphatic carbocycles. The lowest BCUT2D eigenvalue weighted by Gasteiger charge is -2.21. The molecular formula is C15H14FIN2O3S. The van der Waals surface area contributed by atoms with Crippen LogP contribution in [-0.4, -0.2) is 27.1 Å². The zero-order chi connectivity index (χ0) is 17.0. The van der Waals surface area contributed by atoms with Crippen LogP contribution in [0.25, 0.3) is 0 Å². The van der Waals surface area contributed by atoms with Gasteiger partial charge in [-0.15, -0.1) is 0 Å². The third kappa shape index (κ3) is 5.17. The second kappa shape index (κ2) is 7.26. The molecule has 0 bridgehead atoms. The molecule has 1 N–H and O–H groups in total. The number of benzene rings is 2. The molecule has 0 aliphatic rings. The predicted octanol–water partition coefficient (Wildman–Crippen LogP) is 2.84. The molecule has 0 saturated heterocycles. The van der Waals surface area contributed by atoms with Crippen LogP contribution in [0, 0.1) is 9.39 Å². The van der Waals surface area contributed by atoms with Gasteiger partial charge in [-0.1, -0.05) is 0 Å². The molecule has 0 fully saturated rings. The van der Waals surface area contributed by atoms with Gasteiger partial charge in [0.2, 0.25) is 15.9 Å². The van der Waals surface area contributed by atoms with Crippen LogP contribution in [-0.2, 0) is 14.8 Å². The quantitative estimate of drug-likeness (QED) is 0.716.